The van der Waals surface area contributed by atoms with Crippen molar-refractivity contribution in [3.05, 3.63) is 36.0 Å². The fraction of sp³-hybridized carbons (Fsp3) is 0.500. The number of rotatable bonds is 5. The highest BCUT2D eigenvalue weighted by molar-refractivity contribution is 5.83. The number of benzene rings is 1. The van der Waals surface area contributed by atoms with Crippen molar-refractivity contribution in [2.75, 3.05) is 32.9 Å². The Labute approximate surface area is 136 Å². The molecule has 23 heavy (non-hydrogen) atoms. The number of aliphatic hydroxyl groups excluding tert-OH is 1. The zero-order valence-corrected chi connectivity index (χ0v) is 13.3. The molecule has 0 aliphatic carbocycles. The summed E-state index contributed by atoms with van der Waals surface area (Å²) in [6, 6.07) is 8.24. The zero-order chi connectivity index (χ0) is 16.1. The van der Waals surface area contributed by atoms with E-state index >= 15 is 0 Å². The van der Waals surface area contributed by atoms with E-state index in [-0.39, 0.29) is 18.4 Å². The Kier molecular flexibility index (Phi) is 5.31. The average molecular weight is 316 g/mol. The fourth-order valence-electron chi connectivity index (χ4n) is 3.14. The lowest BCUT2D eigenvalue weighted by Gasteiger charge is -2.22. The molecule has 1 saturated heterocycles. The third-order valence-corrected chi connectivity index (χ3v) is 4.46. The first-order valence-corrected chi connectivity index (χ1v) is 8.29. The number of aliphatic hydroxyl groups is 1. The van der Waals surface area contributed by atoms with E-state index < -0.39 is 0 Å². The third kappa shape index (κ3) is 3.92. The number of carbonyl (C=O) groups is 1. The summed E-state index contributed by atoms with van der Waals surface area (Å²) in [5.74, 6) is 0.198. The van der Waals surface area contributed by atoms with E-state index in [9.17, 15) is 9.90 Å². The molecule has 0 bridgehead atoms. The number of amides is 1. The SMILES string of the molecule is O=C(CCCc1c[nH]c2ccccc12)N1CCOC[C@H](CO)C1. The van der Waals surface area contributed by atoms with E-state index in [4.69, 9.17) is 4.74 Å². The molecule has 1 fully saturated rings. The van der Waals surface area contributed by atoms with Crippen LogP contribution < -0.4 is 0 Å². The molecule has 1 aliphatic heterocycles. The van der Waals surface area contributed by atoms with Crippen LogP contribution in [0, 0.1) is 5.92 Å². The molecule has 5 heteroatoms. The Balaban J connectivity index is 1.52. The molecule has 2 aromatic rings. The topological polar surface area (TPSA) is 65.6 Å². The summed E-state index contributed by atoms with van der Waals surface area (Å²) in [6.45, 7) is 2.39. The van der Waals surface area contributed by atoms with Crippen LogP contribution in [0.5, 0.6) is 0 Å². The van der Waals surface area contributed by atoms with Crippen LogP contribution in [-0.2, 0) is 16.0 Å². The number of hydrogen-bond donors (Lipinski definition) is 2. The van der Waals surface area contributed by atoms with E-state index in [1.807, 2.05) is 23.2 Å². The Morgan fingerprint density at radius 1 is 1.39 bits per heavy atom. The van der Waals surface area contributed by atoms with Crippen LogP contribution in [0.4, 0.5) is 0 Å². The van der Waals surface area contributed by atoms with E-state index in [0.29, 0.717) is 32.7 Å². The van der Waals surface area contributed by atoms with Crippen LogP contribution in [0.2, 0.25) is 0 Å². The van der Waals surface area contributed by atoms with Gasteiger partial charge < -0.3 is 19.7 Å². The Bertz CT molecular complexity index is 653. The highest BCUT2D eigenvalue weighted by Crippen LogP contribution is 2.19. The van der Waals surface area contributed by atoms with Gasteiger partial charge in [0.2, 0.25) is 5.91 Å². The van der Waals surface area contributed by atoms with Crippen LogP contribution in [-0.4, -0.2) is 53.8 Å². The number of carbonyl (C=O) groups excluding carboxylic acids is 1. The molecular weight excluding hydrogens is 292 g/mol. The van der Waals surface area contributed by atoms with Gasteiger partial charge in [-0.2, -0.15) is 0 Å². The lowest BCUT2D eigenvalue weighted by Crippen LogP contribution is -2.36. The first-order valence-electron chi connectivity index (χ1n) is 8.29. The van der Waals surface area contributed by atoms with Crippen molar-refractivity contribution < 1.29 is 14.6 Å². The molecule has 0 saturated carbocycles. The van der Waals surface area contributed by atoms with Crippen LogP contribution in [0.15, 0.2) is 30.5 Å². The van der Waals surface area contributed by atoms with Crippen molar-refractivity contribution >= 4 is 16.8 Å². The summed E-state index contributed by atoms with van der Waals surface area (Å²) in [4.78, 5) is 17.5. The highest BCUT2D eigenvalue weighted by atomic mass is 16.5. The first kappa shape index (κ1) is 16.0. The number of para-hydroxylation sites is 1. The minimum atomic E-state index is 0.0371. The van der Waals surface area contributed by atoms with Crippen molar-refractivity contribution in [3.8, 4) is 0 Å². The summed E-state index contributed by atoms with van der Waals surface area (Å²) >= 11 is 0. The van der Waals surface area contributed by atoms with Crippen LogP contribution in [0.25, 0.3) is 10.9 Å². The van der Waals surface area contributed by atoms with Gasteiger partial charge in [-0.05, 0) is 24.5 Å². The van der Waals surface area contributed by atoms with E-state index in [1.54, 1.807) is 0 Å². The van der Waals surface area contributed by atoms with Gasteiger partial charge in [-0.1, -0.05) is 18.2 Å². The quantitative estimate of drug-likeness (QED) is 0.886. The molecule has 1 atom stereocenters. The number of nitrogens with zero attached hydrogens (tertiary/aromatic N) is 1. The van der Waals surface area contributed by atoms with Crippen molar-refractivity contribution in [2.24, 2.45) is 5.92 Å². The molecule has 3 rings (SSSR count). The van der Waals surface area contributed by atoms with Gasteiger partial charge in [0.15, 0.2) is 0 Å². The zero-order valence-electron chi connectivity index (χ0n) is 13.3. The van der Waals surface area contributed by atoms with Crippen molar-refractivity contribution in [1.29, 1.82) is 0 Å². The number of aryl methyl sites for hydroxylation is 1. The molecule has 1 aliphatic rings. The predicted octanol–water partition coefficient (Wildman–Crippen LogP) is 1.96. The molecule has 0 radical (unpaired) electrons. The van der Waals surface area contributed by atoms with Crippen molar-refractivity contribution in [3.63, 3.8) is 0 Å². The number of ether oxygens (including phenoxy) is 1. The molecule has 1 aromatic carbocycles. The maximum atomic E-state index is 12.4. The van der Waals surface area contributed by atoms with E-state index in [2.05, 4.69) is 17.1 Å². The van der Waals surface area contributed by atoms with Gasteiger partial charge in [-0.25, -0.2) is 0 Å². The second-order valence-corrected chi connectivity index (χ2v) is 6.18. The largest absolute Gasteiger partial charge is 0.396 e. The van der Waals surface area contributed by atoms with Crippen LogP contribution >= 0.6 is 0 Å². The minimum absolute atomic E-state index is 0.0371. The number of fused-ring (bicyclic) bond motifs is 1. The molecule has 5 nitrogen and oxygen atoms in total. The average Bonchev–Trinajstić information content (AvgIpc) is 2.83. The molecule has 2 heterocycles. The molecule has 0 unspecified atom stereocenters. The van der Waals surface area contributed by atoms with E-state index in [0.717, 1.165) is 18.4 Å². The monoisotopic (exact) mass is 316 g/mol. The number of nitrogens with one attached hydrogen (secondary N) is 1. The van der Waals surface area contributed by atoms with E-state index in [1.165, 1.54) is 10.9 Å². The van der Waals surface area contributed by atoms with Gasteiger partial charge in [0, 0.05) is 49.1 Å². The van der Waals surface area contributed by atoms with Crippen molar-refractivity contribution in [2.45, 2.75) is 19.3 Å². The number of aromatic amines is 1. The Hall–Kier alpha value is -1.85. The summed E-state index contributed by atoms with van der Waals surface area (Å²) in [5.41, 5.74) is 2.41. The van der Waals surface area contributed by atoms with Crippen molar-refractivity contribution in [1.82, 2.24) is 9.88 Å². The van der Waals surface area contributed by atoms with Crippen LogP contribution in [0.3, 0.4) is 0 Å². The molecule has 1 amide bonds. The third-order valence-electron chi connectivity index (χ3n) is 4.46. The lowest BCUT2D eigenvalue weighted by atomic mass is 10.1. The smallest absolute Gasteiger partial charge is 0.222 e. The Morgan fingerprint density at radius 3 is 3.13 bits per heavy atom. The molecule has 2 N–H and O–H groups in total. The molecular formula is C18H24N2O3. The van der Waals surface area contributed by atoms with Crippen LogP contribution in [0.1, 0.15) is 18.4 Å². The summed E-state index contributed by atoms with van der Waals surface area (Å²) in [7, 11) is 0. The summed E-state index contributed by atoms with van der Waals surface area (Å²) in [5, 5.41) is 10.5. The predicted molar refractivity (Wildman–Crippen MR) is 89.2 cm³/mol. The second-order valence-electron chi connectivity index (χ2n) is 6.18. The molecule has 0 spiro atoms. The minimum Gasteiger partial charge on any atom is -0.396 e. The van der Waals surface area contributed by atoms with Gasteiger partial charge in [-0.15, -0.1) is 0 Å². The Morgan fingerprint density at radius 2 is 2.26 bits per heavy atom. The van der Waals surface area contributed by atoms with Gasteiger partial charge in [0.25, 0.3) is 0 Å². The number of hydrogen-bond acceptors (Lipinski definition) is 3. The van der Waals surface area contributed by atoms with Gasteiger partial charge >= 0.3 is 0 Å². The number of aromatic nitrogens is 1. The lowest BCUT2D eigenvalue weighted by molar-refractivity contribution is -0.131. The summed E-state index contributed by atoms with van der Waals surface area (Å²) < 4.78 is 5.43. The molecule has 124 valence electrons. The standard InChI is InChI=1S/C18H24N2O3/c21-12-14-11-20(8-9-23-13-14)18(22)7-3-4-15-10-19-17-6-2-1-5-16(15)17/h1-2,5-6,10,14,19,21H,3-4,7-9,11-13H2/t14-/m0/s1. The fourth-order valence-corrected chi connectivity index (χ4v) is 3.14. The molecule has 1 aromatic heterocycles. The van der Waals surface area contributed by atoms with Gasteiger partial charge in [0.05, 0.1) is 13.2 Å². The van der Waals surface area contributed by atoms with Gasteiger partial charge in [-0.3, -0.25) is 4.79 Å². The first-order chi connectivity index (χ1) is 11.3. The highest BCUT2D eigenvalue weighted by Gasteiger charge is 2.21. The van der Waals surface area contributed by atoms with Gasteiger partial charge in [0.1, 0.15) is 0 Å². The maximum Gasteiger partial charge on any atom is 0.222 e. The normalized spacial score (nSPS) is 19.0. The second kappa shape index (κ2) is 7.62. The number of H-pyrrole nitrogens is 1. The summed E-state index contributed by atoms with van der Waals surface area (Å²) in [6.07, 6.45) is 4.31. The maximum absolute atomic E-state index is 12.4.